The minimum atomic E-state index is 0. The van der Waals surface area contributed by atoms with Crippen molar-refractivity contribution in [2.24, 2.45) is 4.99 Å². The summed E-state index contributed by atoms with van der Waals surface area (Å²) < 4.78 is 5.44. The van der Waals surface area contributed by atoms with Gasteiger partial charge in [-0.1, -0.05) is 12.1 Å². The monoisotopic (exact) mass is 515 g/mol. The molecule has 2 heterocycles. The predicted octanol–water partition coefficient (Wildman–Crippen LogP) is 3.07. The number of rotatable bonds is 6. The van der Waals surface area contributed by atoms with E-state index in [0.717, 1.165) is 51.9 Å². The molecule has 1 aromatic rings. The summed E-state index contributed by atoms with van der Waals surface area (Å²) in [6.07, 6.45) is 2.35. The molecule has 6 nitrogen and oxygen atoms in total. The maximum Gasteiger partial charge on any atom is 0.191 e. The zero-order chi connectivity index (χ0) is 19.8. The molecule has 0 aromatic heterocycles. The first-order valence-electron chi connectivity index (χ1n) is 10.9. The fraction of sp³-hybridized carbons (Fsp3) is 0.682. The maximum absolute atomic E-state index is 5.44. The summed E-state index contributed by atoms with van der Waals surface area (Å²) in [6.45, 7) is 14.2. The number of aliphatic imine (C=N–C) groups is 1. The van der Waals surface area contributed by atoms with Crippen molar-refractivity contribution in [1.29, 1.82) is 0 Å². The van der Waals surface area contributed by atoms with Gasteiger partial charge in [0, 0.05) is 50.5 Å². The van der Waals surface area contributed by atoms with Gasteiger partial charge in [-0.15, -0.1) is 24.0 Å². The number of hydrogen-bond donors (Lipinski definition) is 2. The highest BCUT2D eigenvalue weighted by atomic mass is 127. The van der Waals surface area contributed by atoms with Crippen LogP contribution in [0.3, 0.4) is 0 Å². The van der Waals surface area contributed by atoms with E-state index in [2.05, 4.69) is 65.5 Å². The third kappa shape index (κ3) is 7.61. The lowest BCUT2D eigenvalue weighted by atomic mass is 10.0. The molecule has 1 aromatic carbocycles. The lowest BCUT2D eigenvalue weighted by Gasteiger charge is -2.35. The molecular weight excluding hydrogens is 477 g/mol. The molecule has 2 saturated heterocycles. The van der Waals surface area contributed by atoms with E-state index in [0.29, 0.717) is 18.6 Å². The molecule has 0 amide bonds. The largest absolute Gasteiger partial charge is 0.378 e. The molecule has 7 heteroatoms. The average Bonchev–Trinajstić information content (AvgIpc) is 2.73. The highest BCUT2D eigenvalue weighted by Crippen LogP contribution is 2.17. The number of morpholine rings is 1. The van der Waals surface area contributed by atoms with Crippen LogP contribution in [-0.4, -0.2) is 68.9 Å². The SMILES string of the molecule is CCNC(=NCc1ccc(N2CCOCC2)cc1)NC1CCN(C(C)C)CC1.I. The standard InChI is InChI=1S/C22H37N5O.HI/c1-4-23-22(25-20-9-11-26(12-10-20)18(2)3)24-17-19-5-7-21(8-6-19)27-13-15-28-16-14-27;/h5-8,18,20H,4,9-17H2,1-3H3,(H2,23,24,25);1H. The van der Waals surface area contributed by atoms with E-state index < -0.39 is 0 Å². The summed E-state index contributed by atoms with van der Waals surface area (Å²) in [5.74, 6) is 0.933. The van der Waals surface area contributed by atoms with Crippen LogP contribution in [-0.2, 0) is 11.3 Å². The molecule has 2 aliphatic rings. The van der Waals surface area contributed by atoms with E-state index in [1.165, 1.54) is 24.1 Å². The van der Waals surface area contributed by atoms with Gasteiger partial charge in [-0.05, 0) is 51.3 Å². The molecule has 0 bridgehead atoms. The summed E-state index contributed by atoms with van der Waals surface area (Å²) in [4.78, 5) is 9.76. The van der Waals surface area contributed by atoms with Crippen molar-refractivity contribution in [2.45, 2.75) is 52.2 Å². The minimum Gasteiger partial charge on any atom is -0.378 e. The zero-order valence-electron chi connectivity index (χ0n) is 18.2. The van der Waals surface area contributed by atoms with Crippen molar-refractivity contribution < 1.29 is 4.74 Å². The molecule has 0 radical (unpaired) electrons. The Balaban J connectivity index is 0.00000300. The minimum absolute atomic E-state index is 0. The number of anilines is 1. The van der Waals surface area contributed by atoms with E-state index in [-0.39, 0.29) is 24.0 Å². The van der Waals surface area contributed by atoms with Gasteiger partial charge < -0.3 is 25.2 Å². The number of hydrogen-bond acceptors (Lipinski definition) is 4. The number of benzene rings is 1. The molecule has 2 fully saturated rings. The molecule has 164 valence electrons. The molecule has 0 aliphatic carbocycles. The summed E-state index contributed by atoms with van der Waals surface area (Å²) in [5.41, 5.74) is 2.52. The third-order valence-electron chi connectivity index (χ3n) is 5.68. The fourth-order valence-electron chi connectivity index (χ4n) is 3.88. The summed E-state index contributed by atoms with van der Waals surface area (Å²) >= 11 is 0. The van der Waals surface area contributed by atoms with E-state index in [1.807, 2.05) is 0 Å². The number of likely N-dealkylation sites (tertiary alicyclic amines) is 1. The smallest absolute Gasteiger partial charge is 0.191 e. The Morgan fingerprint density at radius 3 is 2.34 bits per heavy atom. The van der Waals surface area contributed by atoms with Crippen molar-refractivity contribution in [1.82, 2.24) is 15.5 Å². The number of piperidine rings is 1. The number of nitrogens with zero attached hydrogens (tertiary/aromatic N) is 3. The second-order valence-electron chi connectivity index (χ2n) is 8.01. The van der Waals surface area contributed by atoms with Gasteiger partial charge in [-0.25, -0.2) is 4.99 Å². The molecule has 2 N–H and O–H groups in total. The van der Waals surface area contributed by atoms with Crippen LogP contribution in [0.15, 0.2) is 29.3 Å². The van der Waals surface area contributed by atoms with Crippen LogP contribution in [0.25, 0.3) is 0 Å². The van der Waals surface area contributed by atoms with E-state index in [9.17, 15) is 0 Å². The van der Waals surface area contributed by atoms with Crippen LogP contribution < -0.4 is 15.5 Å². The van der Waals surface area contributed by atoms with Crippen LogP contribution in [0.2, 0.25) is 0 Å². The van der Waals surface area contributed by atoms with Crippen LogP contribution in [0.5, 0.6) is 0 Å². The molecule has 0 saturated carbocycles. The van der Waals surface area contributed by atoms with Crippen LogP contribution in [0.4, 0.5) is 5.69 Å². The molecule has 2 aliphatic heterocycles. The second-order valence-corrected chi connectivity index (χ2v) is 8.01. The predicted molar refractivity (Wildman–Crippen MR) is 133 cm³/mol. The summed E-state index contributed by atoms with van der Waals surface area (Å²) in [5, 5.41) is 7.04. The van der Waals surface area contributed by atoms with E-state index in [1.54, 1.807) is 0 Å². The Labute approximate surface area is 193 Å². The molecule has 3 rings (SSSR count). The van der Waals surface area contributed by atoms with Crippen molar-refractivity contribution in [3.63, 3.8) is 0 Å². The Morgan fingerprint density at radius 2 is 1.76 bits per heavy atom. The molecule has 0 spiro atoms. The van der Waals surface area contributed by atoms with Crippen LogP contribution in [0.1, 0.15) is 39.2 Å². The summed E-state index contributed by atoms with van der Waals surface area (Å²) in [7, 11) is 0. The molecule has 29 heavy (non-hydrogen) atoms. The highest BCUT2D eigenvalue weighted by molar-refractivity contribution is 14.0. The van der Waals surface area contributed by atoms with Gasteiger partial charge in [0.1, 0.15) is 0 Å². The summed E-state index contributed by atoms with van der Waals surface area (Å²) in [6, 6.07) is 9.95. The number of guanidine groups is 1. The van der Waals surface area contributed by atoms with Gasteiger partial charge in [0.25, 0.3) is 0 Å². The Kier molecular flexibility index (Phi) is 10.5. The van der Waals surface area contributed by atoms with Gasteiger partial charge in [0.05, 0.1) is 19.8 Å². The molecule has 0 atom stereocenters. The lowest BCUT2D eigenvalue weighted by molar-refractivity contribution is 0.122. The van der Waals surface area contributed by atoms with Crippen molar-refractivity contribution >= 4 is 35.6 Å². The van der Waals surface area contributed by atoms with Crippen molar-refractivity contribution in [3.8, 4) is 0 Å². The number of halogens is 1. The Bertz CT molecular complexity index is 608. The first-order chi connectivity index (χ1) is 13.7. The quantitative estimate of drug-likeness (QED) is 0.347. The lowest BCUT2D eigenvalue weighted by Crippen LogP contribution is -2.49. The second kappa shape index (κ2) is 12.6. The Morgan fingerprint density at radius 1 is 1.10 bits per heavy atom. The Hall–Kier alpha value is -1.06. The van der Waals surface area contributed by atoms with Gasteiger partial charge in [0.15, 0.2) is 5.96 Å². The van der Waals surface area contributed by atoms with Gasteiger partial charge in [-0.2, -0.15) is 0 Å². The van der Waals surface area contributed by atoms with Crippen LogP contribution >= 0.6 is 24.0 Å². The fourth-order valence-corrected chi connectivity index (χ4v) is 3.88. The van der Waals surface area contributed by atoms with Crippen molar-refractivity contribution in [3.05, 3.63) is 29.8 Å². The number of nitrogens with one attached hydrogen (secondary N) is 2. The number of ether oxygens (including phenoxy) is 1. The maximum atomic E-state index is 5.44. The molecular formula is C22H38IN5O. The van der Waals surface area contributed by atoms with Crippen LogP contribution in [0, 0.1) is 0 Å². The third-order valence-corrected chi connectivity index (χ3v) is 5.68. The van der Waals surface area contributed by atoms with Gasteiger partial charge in [-0.3, -0.25) is 0 Å². The first kappa shape index (κ1) is 24.2. The first-order valence-corrected chi connectivity index (χ1v) is 10.9. The highest BCUT2D eigenvalue weighted by Gasteiger charge is 2.21. The van der Waals surface area contributed by atoms with E-state index >= 15 is 0 Å². The average molecular weight is 515 g/mol. The van der Waals surface area contributed by atoms with Crippen molar-refractivity contribution in [2.75, 3.05) is 50.8 Å². The molecule has 0 unspecified atom stereocenters. The topological polar surface area (TPSA) is 52.1 Å². The van der Waals surface area contributed by atoms with E-state index in [4.69, 9.17) is 9.73 Å². The van der Waals surface area contributed by atoms with Gasteiger partial charge >= 0.3 is 0 Å². The van der Waals surface area contributed by atoms with Gasteiger partial charge in [0.2, 0.25) is 0 Å². The normalized spacial score (nSPS) is 19.2. The zero-order valence-corrected chi connectivity index (χ0v) is 20.5.